The second kappa shape index (κ2) is 11.0. The van der Waals surface area contributed by atoms with Crippen molar-refractivity contribution in [1.82, 2.24) is 10.6 Å². The van der Waals surface area contributed by atoms with E-state index in [0.717, 1.165) is 34.2 Å². The molecule has 4 rings (SSSR count). The molecule has 1 heterocycles. The van der Waals surface area contributed by atoms with Crippen LogP contribution in [0.5, 0.6) is 0 Å². The first kappa shape index (κ1) is 23.5. The van der Waals surface area contributed by atoms with Crippen LogP contribution in [0.3, 0.4) is 0 Å². The van der Waals surface area contributed by atoms with Crippen molar-refractivity contribution in [2.45, 2.75) is 31.2 Å². The fourth-order valence-electron chi connectivity index (χ4n) is 4.37. The van der Waals surface area contributed by atoms with Crippen molar-refractivity contribution in [1.29, 1.82) is 0 Å². The number of carbonyl (C=O) groups excluding carboxylic acids is 2. The van der Waals surface area contributed by atoms with E-state index in [1.54, 1.807) is 0 Å². The number of fused-ring (bicyclic) bond motifs is 3. The molecular formula is C26H28N2O6. The van der Waals surface area contributed by atoms with Crippen LogP contribution in [-0.4, -0.2) is 55.5 Å². The molecule has 1 aliphatic carbocycles. The summed E-state index contributed by atoms with van der Waals surface area (Å²) >= 11 is 0. The summed E-state index contributed by atoms with van der Waals surface area (Å²) in [6, 6.07) is 15.0. The van der Waals surface area contributed by atoms with E-state index in [1.165, 1.54) is 0 Å². The average Bonchev–Trinajstić information content (AvgIpc) is 3.18. The smallest absolute Gasteiger partial charge is 0.407 e. The molecule has 0 spiro atoms. The molecule has 0 bridgehead atoms. The topological polar surface area (TPSA) is 114 Å². The second-order valence-electron chi connectivity index (χ2n) is 8.38. The largest absolute Gasteiger partial charge is 0.481 e. The number of benzene rings is 2. The Hall–Kier alpha value is -3.65. The third kappa shape index (κ3) is 5.63. The third-order valence-corrected chi connectivity index (χ3v) is 6.07. The highest BCUT2D eigenvalue weighted by molar-refractivity contribution is 5.86. The maximum atomic E-state index is 12.7. The summed E-state index contributed by atoms with van der Waals surface area (Å²) in [4.78, 5) is 36.3. The van der Waals surface area contributed by atoms with Crippen LogP contribution in [-0.2, 0) is 19.1 Å². The highest BCUT2D eigenvalue weighted by atomic mass is 16.5. The molecule has 0 aromatic heterocycles. The number of hydrogen-bond acceptors (Lipinski definition) is 5. The summed E-state index contributed by atoms with van der Waals surface area (Å²) in [5, 5.41) is 14.3. The molecule has 3 N–H and O–H groups in total. The van der Waals surface area contributed by atoms with Gasteiger partial charge in [0.15, 0.2) is 0 Å². The van der Waals surface area contributed by atoms with E-state index in [-0.39, 0.29) is 31.9 Å². The lowest BCUT2D eigenvalue weighted by atomic mass is 9.98. The summed E-state index contributed by atoms with van der Waals surface area (Å²) in [6.45, 7) is 1.49. The van der Waals surface area contributed by atoms with E-state index in [1.807, 2.05) is 54.6 Å². The molecule has 178 valence electrons. The van der Waals surface area contributed by atoms with Crippen molar-refractivity contribution >= 4 is 18.0 Å². The van der Waals surface area contributed by atoms with Crippen LogP contribution >= 0.6 is 0 Å². The van der Waals surface area contributed by atoms with Crippen LogP contribution in [0.2, 0.25) is 0 Å². The first-order valence-corrected chi connectivity index (χ1v) is 11.4. The summed E-state index contributed by atoms with van der Waals surface area (Å²) < 4.78 is 10.9. The first-order valence-electron chi connectivity index (χ1n) is 11.4. The molecule has 8 heteroatoms. The van der Waals surface area contributed by atoms with Gasteiger partial charge in [0, 0.05) is 18.9 Å². The van der Waals surface area contributed by atoms with E-state index in [9.17, 15) is 14.4 Å². The summed E-state index contributed by atoms with van der Waals surface area (Å²) in [5.41, 5.74) is 5.34. The van der Waals surface area contributed by atoms with Gasteiger partial charge < -0.3 is 25.2 Å². The molecule has 2 aromatic carbocycles. The van der Waals surface area contributed by atoms with Gasteiger partial charge in [0.25, 0.3) is 0 Å². The monoisotopic (exact) mass is 464 g/mol. The van der Waals surface area contributed by atoms with E-state index in [0.29, 0.717) is 13.2 Å². The Morgan fingerprint density at radius 1 is 1.06 bits per heavy atom. The minimum Gasteiger partial charge on any atom is -0.481 e. The van der Waals surface area contributed by atoms with Gasteiger partial charge in [-0.2, -0.15) is 0 Å². The molecule has 1 aliphatic heterocycles. The Balaban J connectivity index is 1.37. The SMILES string of the molecule is O=C(O)CCC(NC(=O)OCC1c2ccccc2-c2ccccc21)C(=O)NCC1=CCCOC1. The van der Waals surface area contributed by atoms with Crippen molar-refractivity contribution in [2.24, 2.45) is 0 Å². The number of hydrogen-bond donors (Lipinski definition) is 3. The fourth-order valence-corrected chi connectivity index (χ4v) is 4.37. The highest BCUT2D eigenvalue weighted by Gasteiger charge is 2.30. The zero-order valence-corrected chi connectivity index (χ0v) is 18.8. The van der Waals surface area contributed by atoms with E-state index in [4.69, 9.17) is 14.6 Å². The van der Waals surface area contributed by atoms with Crippen molar-refractivity contribution in [3.63, 3.8) is 0 Å². The molecule has 8 nitrogen and oxygen atoms in total. The number of nitrogens with one attached hydrogen (secondary N) is 2. The number of alkyl carbamates (subject to hydrolysis) is 1. The van der Waals surface area contributed by atoms with Crippen LogP contribution in [0.25, 0.3) is 11.1 Å². The van der Waals surface area contributed by atoms with Gasteiger partial charge in [0.2, 0.25) is 5.91 Å². The lowest BCUT2D eigenvalue weighted by molar-refractivity contribution is -0.137. The van der Waals surface area contributed by atoms with Crippen molar-refractivity contribution in [2.75, 3.05) is 26.4 Å². The third-order valence-electron chi connectivity index (χ3n) is 6.07. The Morgan fingerprint density at radius 3 is 2.35 bits per heavy atom. The summed E-state index contributed by atoms with van der Waals surface area (Å²) in [7, 11) is 0. The summed E-state index contributed by atoms with van der Waals surface area (Å²) in [6.07, 6.45) is 1.74. The highest BCUT2D eigenvalue weighted by Crippen LogP contribution is 2.44. The molecule has 34 heavy (non-hydrogen) atoms. The van der Waals surface area contributed by atoms with E-state index in [2.05, 4.69) is 10.6 Å². The Morgan fingerprint density at radius 2 is 1.74 bits per heavy atom. The summed E-state index contributed by atoms with van der Waals surface area (Å²) in [5.74, 6) is -1.61. The van der Waals surface area contributed by atoms with Crippen molar-refractivity contribution in [3.8, 4) is 11.1 Å². The molecule has 0 saturated carbocycles. The minimum absolute atomic E-state index is 0.0408. The van der Waals surface area contributed by atoms with Crippen LogP contribution in [0, 0.1) is 0 Å². The molecule has 2 aromatic rings. The van der Waals surface area contributed by atoms with Gasteiger partial charge in [-0.25, -0.2) is 4.79 Å². The molecule has 2 aliphatic rings. The van der Waals surface area contributed by atoms with Crippen LogP contribution in [0.1, 0.15) is 36.3 Å². The van der Waals surface area contributed by atoms with Gasteiger partial charge in [-0.15, -0.1) is 0 Å². The molecular weight excluding hydrogens is 436 g/mol. The molecule has 0 radical (unpaired) electrons. The van der Waals surface area contributed by atoms with E-state index >= 15 is 0 Å². The van der Waals surface area contributed by atoms with Gasteiger partial charge >= 0.3 is 12.1 Å². The van der Waals surface area contributed by atoms with Gasteiger partial charge in [0.1, 0.15) is 12.6 Å². The number of carboxylic acid groups (broad SMARTS) is 1. The maximum Gasteiger partial charge on any atom is 0.407 e. The zero-order chi connectivity index (χ0) is 23.9. The molecule has 1 atom stereocenters. The molecule has 0 saturated heterocycles. The van der Waals surface area contributed by atoms with E-state index < -0.39 is 24.0 Å². The van der Waals surface area contributed by atoms with Crippen LogP contribution < -0.4 is 10.6 Å². The second-order valence-corrected chi connectivity index (χ2v) is 8.38. The van der Waals surface area contributed by atoms with Gasteiger partial charge in [0.05, 0.1) is 13.2 Å². The van der Waals surface area contributed by atoms with Crippen LogP contribution in [0.15, 0.2) is 60.2 Å². The Kier molecular flexibility index (Phi) is 7.59. The predicted molar refractivity (Wildman–Crippen MR) is 125 cm³/mol. The number of carboxylic acids is 1. The average molecular weight is 465 g/mol. The number of carbonyl (C=O) groups is 3. The van der Waals surface area contributed by atoms with Gasteiger partial charge in [-0.05, 0) is 40.7 Å². The van der Waals surface area contributed by atoms with Crippen LogP contribution in [0.4, 0.5) is 4.79 Å². The lowest BCUT2D eigenvalue weighted by Gasteiger charge is -2.20. The Labute approximate surface area is 198 Å². The normalized spacial score (nSPS) is 15.5. The lowest BCUT2D eigenvalue weighted by Crippen LogP contribution is -2.48. The van der Waals surface area contributed by atoms with Crippen molar-refractivity contribution in [3.05, 3.63) is 71.3 Å². The number of amides is 2. The minimum atomic E-state index is -1.05. The van der Waals surface area contributed by atoms with Gasteiger partial charge in [-0.1, -0.05) is 54.6 Å². The zero-order valence-electron chi connectivity index (χ0n) is 18.8. The maximum absolute atomic E-state index is 12.7. The van der Waals surface area contributed by atoms with Gasteiger partial charge in [-0.3, -0.25) is 9.59 Å². The number of ether oxygens (including phenoxy) is 2. The number of rotatable bonds is 9. The van der Waals surface area contributed by atoms with Crippen molar-refractivity contribution < 1.29 is 29.0 Å². The predicted octanol–water partition coefficient (Wildman–Crippen LogP) is 3.22. The standard InChI is InChI=1S/C26H28N2O6/c29-24(30)12-11-23(25(31)27-14-17-6-5-13-33-15-17)28-26(32)34-16-22-20-9-3-1-7-18(20)19-8-2-4-10-21(19)22/h1-4,6-10,22-23H,5,11-16H2,(H,27,31)(H,28,32)(H,29,30). The Bertz CT molecular complexity index is 1050. The number of aliphatic carboxylic acids is 1. The fraction of sp³-hybridized carbons (Fsp3) is 0.346. The molecule has 2 amide bonds. The first-order chi connectivity index (χ1) is 16.5. The molecule has 1 unspecified atom stereocenters. The quantitative estimate of drug-likeness (QED) is 0.491. The molecule has 0 fully saturated rings.